The molecule has 2 heterocycles. The van der Waals surface area contributed by atoms with Crippen molar-refractivity contribution in [1.29, 1.82) is 0 Å². The largest absolute Gasteiger partial charge is 0.444 e. The second-order valence-corrected chi connectivity index (χ2v) is 7.69. The molecule has 152 valence electrons. The molecule has 0 unspecified atom stereocenters. The molecule has 0 saturated carbocycles. The first-order chi connectivity index (χ1) is 13.6. The second kappa shape index (κ2) is 7.86. The molecule has 0 spiro atoms. The lowest BCUT2D eigenvalue weighted by atomic mass is 10.0. The molecule has 0 aliphatic rings. The summed E-state index contributed by atoms with van der Waals surface area (Å²) in [6.07, 6.45) is 2.63. The Balaban J connectivity index is 1.77. The number of aryl methyl sites for hydroxylation is 1. The molecule has 0 fully saturated rings. The highest BCUT2D eigenvalue weighted by molar-refractivity contribution is 5.68. The number of carbonyl (C=O) groups is 1. The molecule has 0 bridgehead atoms. The van der Waals surface area contributed by atoms with Gasteiger partial charge in [-0.15, -0.1) is 10.2 Å². The van der Waals surface area contributed by atoms with Gasteiger partial charge in [-0.3, -0.25) is 0 Å². The summed E-state index contributed by atoms with van der Waals surface area (Å²) in [6, 6.07) is 5.76. The lowest BCUT2D eigenvalue weighted by molar-refractivity contribution is 0.0285. The van der Waals surface area contributed by atoms with Gasteiger partial charge < -0.3 is 19.8 Å². The van der Waals surface area contributed by atoms with Gasteiger partial charge in [0.1, 0.15) is 5.60 Å². The van der Waals surface area contributed by atoms with Crippen LogP contribution in [0, 0.1) is 6.92 Å². The minimum atomic E-state index is -0.534. The van der Waals surface area contributed by atoms with E-state index in [0.29, 0.717) is 18.1 Å². The van der Waals surface area contributed by atoms with E-state index in [1.54, 1.807) is 7.05 Å². The summed E-state index contributed by atoms with van der Waals surface area (Å²) < 4.78 is 11.1. The Morgan fingerprint density at radius 1 is 1.17 bits per heavy atom. The molecule has 9 nitrogen and oxygen atoms in total. The third kappa shape index (κ3) is 4.87. The minimum Gasteiger partial charge on any atom is -0.444 e. The fraction of sp³-hybridized carbons (Fsp3) is 0.350. The van der Waals surface area contributed by atoms with Crippen LogP contribution >= 0.6 is 0 Å². The Morgan fingerprint density at radius 2 is 1.86 bits per heavy atom. The zero-order valence-electron chi connectivity index (χ0n) is 17.1. The number of carbonyl (C=O) groups excluding carboxylic acids is 1. The number of aromatic nitrogens is 4. The maximum atomic E-state index is 12.2. The van der Waals surface area contributed by atoms with Gasteiger partial charge in [-0.1, -0.05) is 12.1 Å². The van der Waals surface area contributed by atoms with Crippen LogP contribution in [0.4, 0.5) is 10.6 Å². The van der Waals surface area contributed by atoms with Crippen molar-refractivity contribution in [2.45, 2.75) is 39.8 Å². The highest BCUT2D eigenvalue weighted by Crippen LogP contribution is 2.27. The molecule has 2 N–H and O–H groups in total. The molecule has 0 aliphatic heterocycles. The van der Waals surface area contributed by atoms with E-state index < -0.39 is 5.60 Å². The van der Waals surface area contributed by atoms with Crippen LogP contribution in [-0.4, -0.2) is 43.8 Å². The highest BCUT2D eigenvalue weighted by atomic mass is 16.6. The van der Waals surface area contributed by atoms with E-state index in [2.05, 4.69) is 20.2 Å². The van der Waals surface area contributed by atoms with Gasteiger partial charge >= 0.3 is 6.09 Å². The maximum Gasteiger partial charge on any atom is 0.410 e. The van der Waals surface area contributed by atoms with Gasteiger partial charge in [0.15, 0.2) is 11.5 Å². The van der Waals surface area contributed by atoms with Crippen molar-refractivity contribution in [1.82, 2.24) is 25.1 Å². The van der Waals surface area contributed by atoms with E-state index >= 15 is 0 Å². The van der Waals surface area contributed by atoms with E-state index in [0.717, 1.165) is 16.7 Å². The number of hydrogen-bond donors (Lipinski definition) is 1. The van der Waals surface area contributed by atoms with Crippen LogP contribution in [0.25, 0.3) is 23.0 Å². The summed E-state index contributed by atoms with van der Waals surface area (Å²) >= 11 is 0. The summed E-state index contributed by atoms with van der Waals surface area (Å²) in [5, 5.41) is 8.12. The summed E-state index contributed by atoms with van der Waals surface area (Å²) in [6.45, 7) is 7.87. The van der Waals surface area contributed by atoms with Crippen LogP contribution in [0.5, 0.6) is 0 Å². The number of benzene rings is 1. The smallest absolute Gasteiger partial charge is 0.410 e. The average molecular weight is 396 g/mol. The van der Waals surface area contributed by atoms with Gasteiger partial charge in [0.05, 0.1) is 0 Å². The number of nitrogen functional groups attached to an aromatic ring is 1. The summed E-state index contributed by atoms with van der Waals surface area (Å²) in [5.74, 6) is 0.785. The van der Waals surface area contributed by atoms with Gasteiger partial charge in [0.2, 0.25) is 5.89 Å². The van der Waals surface area contributed by atoms with Crippen LogP contribution in [0.1, 0.15) is 31.9 Å². The van der Waals surface area contributed by atoms with E-state index in [1.807, 2.05) is 45.9 Å². The van der Waals surface area contributed by atoms with Gasteiger partial charge in [-0.05, 0) is 44.9 Å². The molecule has 0 aliphatic carbocycles. The van der Waals surface area contributed by atoms with Crippen LogP contribution < -0.4 is 5.73 Å². The van der Waals surface area contributed by atoms with E-state index in [1.165, 1.54) is 17.3 Å². The normalized spacial score (nSPS) is 11.3. The topological polar surface area (TPSA) is 120 Å². The molecular weight excluding hydrogens is 372 g/mol. The van der Waals surface area contributed by atoms with Gasteiger partial charge in [0.25, 0.3) is 5.89 Å². The Kier molecular flexibility index (Phi) is 5.49. The maximum absolute atomic E-state index is 12.2. The predicted molar refractivity (Wildman–Crippen MR) is 108 cm³/mol. The molecule has 0 radical (unpaired) electrons. The van der Waals surface area contributed by atoms with Crippen molar-refractivity contribution in [2.24, 2.45) is 0 Å². The number of anilines is 1. The number of ether oxygens (including phenoxy) is 1. The highest BCUT2D eigenvalue weighted by Gasteiger charge is 2.20. The number of nitrogens with zero attached hydrogens (tertiary/aromatic N) is 5. The third-order valence-electron chi connectivity index (χ3n) is 4.00. The van der Waals surface area contributed by atoms with Crippen molar-refractivity contribution >= 4 is 11.9 Å². The number of rotatable bonds is 4. The SMILES string of the molecule is Cc1cc(CN(C)C(=O)OC(C)(C)C)ccc1-c1nnc(-c2nccnc2N)o1. The minimum absolute atomic E-state index is 0.207. The quantitative estimate of drug-likeness (QED) is 0.712. The monoisotopic (exact) mass is 396 g/mol. The number of hydrogen-bond acceptors (Lipinski definition) is 8. The first kappa shape index (κ1) is 20.2. The molecule has 3 aromatic rings. The Bertz CT molecular complexity index is 1030. The third-order valence-corrected chi connectivity index (χ3v) is 4.00. The van der Waals surface area contributed by atoms with Crippen molar-refractivity contribution < 1.29 is 13.9 Å². The lowest BCUT2D eigenvalue weighted by Gasteiger charge is -2.24. The number of amides is 1. The van der Waals surface area contributed by atoms with Gasteiger partial charge in [-0.2, -0.15) is 0 Å². The van der Waals surface area contributed by atoms with Crippen molar-refractivity contribution in [3.63, 3.8) is 0 Å². The molecule has 9 heteroatoms. The zero-order valence-corrected chi connectivity index (χ0v) is 17.1. The fourth-order valence-electron chi connectivity index (χ4n) is 2.68. The average Bonchev–Trinajstić information content (AvgIpc) is 3.10. The van der Waals surface area contributed by atoms with Crippen molar-refractivity contribution in [2.75, 3.05) is 12.8 Å². The predicted octanol–water partition coefficient (Wildman–Crippen LogP) is 3.45. The first-order valence-electron chi connectivity index (χ1n) is 9.08. The number of nitrogens with two attached hydrogens (primary N) is 1. The van der Waals surface area contributed by atoms with E-state index in [4.69, 9.17) is 14.9 Å². The Labute approximate surface area is 168 Å². The molecule has 1 aromatic carbocycles. The van der Waals surface area contributed by atoms with Gasteiger partial charge in [-0.25, -0.2) is 14.8 Å². The Morgan fingerprint density at radius 3 is 2.52 bits per heavy atom. The van der Waals surface area contributed by atoms with Crippen LogP contribution in [0.15, 0.2) is 35.0 Å². The van der Waals surface area contributed by atoms with Crippen molar-refractivity contribution in [3.8, 4) is 23.0 Å². The molecule has 0 atom stereocenters. The van der Waals surface area contributed by atoms with Gasteiger partial charge in [0, 0.05) is 31.5 Å². The summed E-state index contributed by atoms with van der Waals surface area (Å²) in [7, 11) is 1.70. The van der Waals surface area contributed by atoms with Crippen LogP contribution in [-0.2, 0) is 11.3 Å². The zero-order chi connectivity index (χ0) is 21.2. The molecule has 1 amide bonds. The molecular formula is C20H24N6O3. The standard InChI is InChI=1S/C20H24N6O3/c1-12-10-13(11-26(5)19(27)29-20(2,3)4)6-7-14(12)17-24-25-18(28-17)15-16(21)23-9-8-22-15/h6-10H,11H2,1-5H3,(H2,21,23). The van der Waals surface area contributed by atoms with Crippen LogP contribution in [0.3, 0.4) is 0 Å². The van der Waals surface area contributed by atoms with Crippen LogP contribution in [0.2, 0.25) is 0 Å². The summed E-state index contributed by atoms with van der Waals surface area (Å²) in [4.78, 5) is 21.8. The first-order valence-corrected chi connectivity index (χ1v) is 9.08. The van der Waals surface area contributed by atoms with Crippen molar-refractivity contribution in [3.05, 3.63) is 41.7 Å². The van der Waals surface area contributed by atoms with E-state index in [-0.39, 0.29) is 17.8 Å². The Hall–Kier alpha value is -3.49. The molecule has 29 heavy (non-hydrogen) atoms. The molecule has 0 saturated heterocycles. The molecule has 3 rings (SSSR count). The fourth-order valence-corrected chi connectivity index (χ4v) is 2.68. The second-order valence-electron chi connectivity index (χ2n) is 7.69. The lowest BCUT2D eigenvalue weighted by Crippen LogP contribution is -2.33. The van der Waals surface area contributed by atoms with E-state index in [9.17, 15) is 4.79 Å². The molecule has 2 aromatic heterocycles. The summed E-state index contributed by atoms with van der Waals surface area (Å²) in [5.41, 5.74) is 8.30.